The second kappa shape index (κ2) is 10.0. The maximum atomic E-state index is 13.6. The summed E-state index contributed by atoms with van der Waals surface area (Å²) in [4.78, 5) is 27.4. The summed E-state index contributed by atoms with van der Waals surface area (Å²) in [6.45, 7) is 2.90. The molecule has 0 aliphatic heterocycles. The van der Waals surface area contributed by atoms with Crippen molar-refractivity contribution in [2.45, 2.75) is 19.9 Å². The molecule has 0 aliphatic carbocycles. The van der Waals surface area contributed by atoms with Crippen LogP contribution in [0.5, 0.6) is 0 Å². The van der Waals surface area contributed by atoms with Gasteiger partial charge in [-0.25, -0.2) is 4.39 Å². The molecule has 2 aromatic carbocycles. The normalized spacial score (nSPS) is 10.6. The summed E-state index contributed by atoms with van der Waals surface area (Å²) >= 11 is 1.03. The van der Waals surface area contributed by atoms with Crippen molar-refractivity contribution in [2.24, 2.45) is 5.73 Å². The SMILES string of the molecule is Cc1nnsc1C(=O)Nc1cccc(CN(CCCN)C(=O)c2cccc(F)c2)c1. The highest BCUT2D eigenvalue weighted by molar-refractivity contribution is 7.08. The van der Waals surface area contributed by atoms with Crippen LogP contribution in [0.4, 0.5) is 10.1 Å². The highest BCUT2D eigenvalue weighted by Crippen LogP contribution is 2.18. The van der Waals surface area contributed by atoms with E-state index in [1.165, 1.54) is 18.2 Å². The van der Waals surface area contributed by atoms with Crippen LogP contribution in [-0.4, -0.2) is 39.4 Å². The van der Waals surface area contributed by atoms with Gasteiger partial charge in [0.25, 0.3) is 11.8 Å². The number of nitrogens with zero attached hydrogens (tertiary/aromatic N) is 3. The van der Waals surface area contributed by atoms with Gasteiger partial charge in [0.2, 0.25) is 0 Å². The molecular weight excluding hydrogens is 405 g/mol. The van der Waals surface area contributed by atoms with Crippen LogP contribution >= 0.6 is 11.5 Å². The number of nitrogens with two attached hydrogens (primary N) is 1. The Morgan fingerprint density at radius 2 is 2.00 bits per heavy atom. The summed E-state index contributed by atoms with van der Waals surface area (Å²) in [5.74, 6) is -1.02. The van der Waals surface area contributed by atoms with Gasteiger partial charge in [0.05, 0.1) is 5.69 Å². The van der Waals surface area contributed by atoms with E-state index in [0.29, 0.717) is 42.3 Å². The summed E-state index contributed by atoms with van der Waals surface area (Å²) in [6, 6.07) is 12.9. The zero-order valence-corrected chi connectivity index (χ0v) is 17.3. The standard InChI is InChI=1S/C21H22FN5O2S/c1-14-19(30-26-25-14)20(28)24-18-8-2-5-15(11-18)13-27(10-4-9-23)21(29)16-6-3-7-17(22)12-16/h2-3,5-8,11-12H,4,9-10,13,23H2,1H3,(H,24,28). The van der Waals surface area contributed by atoms with Crippen molar-refractivity contribution < 1.29 is 14.0 Å². The maximum Gasteiger partial charge on any atom is 0.269 e. The molecule has 3 aromatic rings. The molecule has 7 nitrogen and oxygen atoms in total. The van der Waals surface area contributed by atoms with Crippen molar-refractivity contribution in [2.75, 3.05) is 18.4 Å². The number of hydrogen-bond donors (Lipinski definition) is 2. The van der Waals surface area contributed by atoms with E-state index in [0.717, 1.165) is 17.1 Å². The van der Waals surface area contributed by atoms with Crippen LogP contribution in [0.2, 0.25) is 0 Å². The Balaban J connectivity index is 1.76. The van der Waals surface area contributed by atoms with E-state index >= 15 is 0 Å². The number of benzene rings is 2. The first kappa shape index (κ1) is 21.5. The lowest BCUT2D eigenvalue weighted by Crippen LogP contribution is -2.32. The first-order chi connectivity index (χ1) is 14.5. The lowest BCUT2D eigenvalue weighted by Gasteiger charge is -2.23. The number of carbonyl (C=O) groups is 2. The second-order valence-corrected chi connectivity index (χ2v) is 7.48. The van der Waals surface area contributed by atoms with Gasteiger partial charge in [0.1, 0.15) is 10.7 Å². The highest BCUT2D eigenvalue weighted by atomic mass is 32.1. The van der Waals surface area contributed by atoms with E-state index in [1.807, 2.05) is 6.07 Å². The van der Waals surface area contributed by atoms with E-state index in [9.17, 15) is 14.0 Å². The molecule has 9 heteroatoms. The van der Waals surface area contributed by atoms with Gasteiger partial charge in [0.15, 0.2) is 0 Å². The fraction of sp³-hybridized carbons (Fsp3) is 0.238. The van der Waals surface area contributed by atoms with Gasteiger partial charge >= 0.3 is 0 Å². The minimum absolute atomic E-state index is 0.274. The molecule has 0 fully saturated rings. The molecule has 30 heavy (non-hydrogen) atoms. The molecule has 1 heterocycles. The van der Waals surface area contributed by atoms with Gasteiger partial charge in [0, 0.05) is 24.3 Å². The predicted octanol–water partition coefficient (Wildman–Crippen LogP) is 3.23. The van der Waals surface area contributed by atoms with Crippen molar-refractivity contribution in [1.82, 2.24) is 14.5 Å². The van der Waals surface area contributed by atoms with E-state index < -0.39 is 5.82 Å². The summed E-state index contributed by atoms with van der Waals surface area (Å²) in [7, 11) is 0. The zero-order chi connectivity index (χ0) is 21.5. The minimum Gasteiger partial charge on any atom is -0.334 e. The molecule has 0 saturated carbocycles. The van der Waals surface area contributed by atoms with E-state index in [-0.39, 0.29) is 17.4 Å². The van der Waals surface area contributed by atoms with E-state index in [2.05, 4.69) is 14.9 Å². The van der Waals surface area contributed by atoms with Crippen molar-refractivity contribution in [3.8, 4) is 0 Å². The Kier molecular flexibility index (Phi) is 7.21. The molecule has 0 saturated heterocycles. The third-order valence-corrected chi connectivity index (χ3v) is 5.23. The van der Waals surface area contributed by atoms with E-state index in [4.69, 9.17) is 5.73 Å². The third-order valence-electron chi connectivity index (χ3n) is 4.41. The first-order valence-electron chi connectivity index (χ1n) is 9.42. The molecule has 156 valence electrons. The van der Waals surface area contributed by atoms with Gasteiger partial charge in [-0.05, 0) is 67.3 Å². The number of rotatable bonds is 8. The zero-order valence-electron chi connectivity index (χ0n) is 16.5. The molecule has 1 aromatic heterocycles. The Morgan fingerprint density at radius 1 is 1.20 bits per heavy atom. The van der Waals surface area contributed by atoms with Crippen LogP contribution in [0.1, 0.15) is 37.7 Å². The second-order valence-electron chi connectivity index (χ2n) is 6.72. The Hall–Kier alpha value is -3.17. The van der Waals surface area contributed by atoms with Gasteiger partial charge in [-0.3, -0.25) is 9.59 Å². The highest BCUT2D eigenvalue weighted by Gasteiger charge is 2.17. The van der Waals surface area contributed by atoms with Gasteiger partial charge in [-0.2, -0.15) is 0 Å². The maximum absolute atomic E-state index is 13.6. The largest absolute Gasteiger partial charge is 0.334 e. The van der Waals surface area contributed by atoms with Crippen molar-refractivity contribution in [1.29, 1.82) is 0 Å². The fourth-order valence-corrected chi connectivity index (χ4v) is 3.49. The number of halogens is 1. The number of anilines is 1. The molecule has 3 N–H and O–H groups in total. The van der Waals surface area contributed by atoms with Crippen LogP contribution in [0, 0.1) is 12.7 Å². The molecule has 3 rings (SSSR count). The molecule has 0 bridgehead atoms. The monoisotopic (exact) mass is 427 g/mol. The number of aryl methyl sites for hydroxylation is 1. The summed E-state index contributed by atoms with van der Waals surface area (Å²) in [5.41, 5.74) is 7.90. The summed E-state index contributed by atoms with van der Waals surface area (Å²) in [5, 5.41) is 6.67. The molecule has 0 radical (unpaired) electrons. The Morgan fingerprint density at radius 3 is 2.70 bits per heavy atom. The Bertz CT molecular complexity index is 1040. The Labute approximate surface area is 177 Å². The topological polar surface area (TPSA) is 101 Å². The molecule has 0 spiro atoms. The smallest absolute Gasteiger partial charge is 0.269 e. The van der Waals surface area contributed by atoms with Crippen LogP contribution in [-0.2, 0) is 6.54 Å². The quantitative estimate of drug-likeness (QED) is 0.575. The first-order valence-corrected chi connectivity index (χ1v) is 10.2. The van der Waals surface area contributed by atoms with Crippen LogP contribution < -0.4 is 11.1 Å². The number of hydrogen-bond acceptors (Lipinski definition) is 6. The van der Waals surface area contributed by atoms with E-state index in [1.54, 1.807) is 36.1 Å². The molecule has 0 aliphatic rings. The number of aromatic nitrogens is 2. The summed E-state index contributed by atoms with van der Waals surface area (Å²) < 4.78 is 17.3. The number of nitrogens with one attached hydrogen (secondary N) is 1. The lowest BCUT2D eigenvalue weighted by atomic mass is 10.1. The van der Waals surface area contributed by atoms with Gasteiger partial charge in [-0.15, -0.1) is 5.10 Å². The molecule has 0 atom stereocenters. The number of carbonyl (C=O) groups excluding carboxylic acids is 2. The van der Waals surface area contributed by atoms with Crippen molar-refractivity contribution >= 4 is 29.0 Å². The number of amides is 2. The fourth-order valence-electron chi connectivity index (χ4n) is 2.93. The average molecular weight is 428 g/mol. The van der Waals surface area contributed by atoms with Gasteiger partial charge in [-0.1, -0.05) is 22.7 Å². The van der Waals surface area contributed by atoms with Crippen LogP contribution in [0.25, 0.3) is 0 Å². The predicted molar refractivity (Wildman–Crippen MR) is 114 cm³/mol. The van der Waals surface area contributed by atoms with Crippen molar-refractivity contribution in [3.05, 3.63) is 76.0 Å². The molecule has 0 unspecified atom stereocenters. The minimum atomic E-state index is -0.461. The van der Waals surface area contributed by atoms with Crippen molar-refractivity contribution in [3.63, 3.8) is 0 Å². The average Bonchev–Trinajstić information content (AvgIpc) is 3.17. The third kappa shape index (κ3) is 5.46. The molecular formula is C21H22FN5O2S. The van der Waals surface area contributed by atoms with Crippen LogP contribution in [0.15, 0.2) is 48.5 Å². The van der Waals surface area contributed by atoms with Gasteiger partial charge < -0.3 is 16.0 Å². The molecule has 2 amide bonds. The summed E-state index contributed by atoms with van der Waals surface area (Å²) in [6.07, 6.45) is 0.620. The lowest BCUT2D eigenvalue weighted by molar-refractivity contribution is 0.0741. The van der Waals surface area contributed by atoms with Crippen LogP contribution in [0.3, 0.4) is 0 Å².